The smallest absolute Gasteiger partial charge is 0.320 e. The lowest BCUT2D eigenvalue weighted by Gasteiger charge is -2.40. The van der Waals surface area contributed by atoms with E-state index in [-0.39, 0.29) is 35.4 Å². The van der Waals surface area contributed by atoms with Crippen LogP contribution in [0.4, 0.5) is 13.6 Å². The van der Waals surface area contributed by atoms with Gasteiger partial charge < -0.3 is 19.4 Å². The van der Waals surface area contributed by atoms with E-state index in [1.165, 1.54) is 17.7 Å². The second kappa shape index (κ2) is 10.3. The van der Waals surface area contributed by atoms with Gasteiger partial charge in [-0.2, -0.15) is 4.98 Å². The second-order valence-electron chi connectivity index (χ2n) is 9.69. The minimum atomic E-state index is -1.02. The lowest BCUT2D eigenvalue weighted by Crippen LogP contribution is -2.51. The minimum Gasteiger partial charge on any atom is -0.393 e. The maximum absolute atomic E-state index is 14.3. The van der Waals surface area contributed by atoms with Gasteiger partial charge in [-0.3, -0.25) is 0 Å². The van der Waals surface area contributed by atoms with Crippen molar-refractivity contribution in [3.63, 3.8) is 0 Å². The van der Waals surface area contributed by atoms with Gasteiger partial charge in [0.2, 0.25) is 11.7 Å². The molecule has 2 aromatic carbocycles. The molecule has 1 N–H and O–H groups in total. The molecule has 3 aromatic rings. The molecule has 3 heterocycles. The molecular formula is C27H30F2N4O3. The van der Waals surface area contributed by atoms with Gasteiger partial charge in [0.1, 0.15) is 0 Å². The first-order valence-corrected chi connectivity index (χ1v) is 12.5. The van der Waals surface area contributed by atoms with Crippen molar-refractivity contribution >= 4 is 6.03 Å². The first-order chi connectivity index (χ1) is 17.4. The summed E-state index contributed by atoms with van der Waals surface area (Å²) in [4.78, 5) is 21.4. The number of carbonyl (C=O) groups excluding carboxylic acids is 1. The number of aryl methyl sites for hydroxylation is 1. The fourth-order valence-electron chi connectivity index (χ4n) is 5.15. The summed E-state index contributed by atoms with van der Waals surface area (Å²) < 4.78 is 33.6. The Bertz CT molecular complexity index is 1210. The summed E-state index contributed by atoms with van der Waals surface area (Å²) in [6.07, 6.45) is 2.39. The number of amides is 2. The van der Waals surface area contributed by atoms with Gasteiger partial charge in [0.15, 0.2) is 11.6 Å². The molecule has 2 aliphatic heterocycles. The summed E-state index contributed by atoms with van der Waals surface area (Å²) in [7, 11) is 0. The number of piperidine rings is 2. The van der Waals surface area contributed by atoms with Gasteiger partial charge in [0.25, 0.3) is 0 Å². The highest BCUT2D eigenvalue weighted by Crippen LogP contribution is 2.37. The quantitative estimate of drug-likeness (QED) is 0.565. The normalized spacial score (nSPS) is 21.1. The summed E-state index contributed by atoms with van der Waals surface area (Å²) in [6, 6.07) is 12.2. The molecule has 0 spiro atoms. The molecule has 9 heteroatoms. The van der Waals surface area contributed by atoms with Crippen LogP contribution in [0.3, 0.4) is 0 Å². The topological polar surface area (TPSA) is 82.7 Å². The largest absolute Gasteiger partial charge is 0.393 e. The van der Waals surface area contributed by atoms with Crippen molar-refractivity contribution in [2.45, 2.75) is 50.5 Å². The average molecular weight is 497 g/mol. The maximum atomic E-state index is 14.3. The minimum absolute atomic E-state index is 0.0145. The molecule has 7 nitrogen and oxygen atoms in total. The van der Waals surface area contributed by atoms with E-state index in [2.05, 4.69) is 41.3 Å². The summed E-state index contributed by atoms with van der Waals surface area (Å²) in [5.74, 6) is -1.92. The lowest BCUT2D eigenvalue weighted by atomic mass is 9.84. The van der Waals surface area contributed by atoms with Crippen LogP contribution in [0.2, 0.25) is 0 Å². The third-order valence-electron chi connectivity index (χ3n) is 7.30. The van der Waals surface area contributed by atoms with Gasteiger partial charge in [0.05, 0.1) is 17.6 Å². The Morgan fingerprint density at radius 2 is 1.78 bits per heavy atom. The first-order valence-electron chi connectivity index (χ1n) is 12.5. The Labute approximate surface area is 208 Å². The van der Waals surface area contributed by atoms with E-state index < -0.39 is 11.6 Å². The Hall–Kier alpha value is -3.33. The maximum Gasteiger partial charge on any atom is 0.320 e. The van der Waals surface area contributed by atoms with Crippen LogP contribution in [0.5, 0.6) is 0 Å². The van der Waals surface area contributed by atoms with E-state index in [1.807, 2.05) is 4.90 Å². The van der Waals surface area contributed by atoms with Crippen molar-refractivity contribution in [1.82, 2.24) is 19.9 Å². The van der Waals surface area contributed by atoms with Crippen LogP contribution in [-0.2, 0) is 6.42 Å². The zero-order valence-electron chi connectivity index (χ0n) is 20.2. The summed E-state index contributed by atoms with van der Waals surface area (Å²) in [6.45, 7) is 4.07. The number of hydrogen-bond donors (Lipinski definition) is 1. The van der Waals surface area contributed by atoms with Crippen molar-refractivity contribution in [3.05, 3.63) is 71.1 Å². The fraction of sp³-hybridized carbons (Fsp3) is 0.444. The van der Waals surface area contributed by atoms with E-state index >= 15 is 0 Å². The lowest BCUT2D eigenvalue weighted by molar-refractivity contribution is 0.0744. The SMILES string of the molecule is CCc1ccc(C2CC(c3nc(-c4cccc(F)c4F)no3)CN(C(=O)N3CCC(O)CC3)C2)cc1. The van der Waals surface area contributed by atoms with Crippen LogP contribution in [0.1, 0.15) is 55.0 Å². The van der Waals surface area contributed by atoms with Crippen molar-refractivity contribution in [3.8, 4) is 11.4 Å². The molecule has 2 fully saturated rings. The van der Waals surface area contributed by atoms with Crippen LogP contribution >= 0.6 is 0 Å². The fourth-order valence-corrected chi connectivity index (χ4v) is 5.15. The molecule has 2 aliphatic rings. The Morgan fingerprint density at radius 3 is 2.50 bits per heavy atom. The van der Waals surface area contributed by atoms with E-state index in [9.17, 15) is 18.7 Å². The van der Waals surface area contributed by atoms with E-state index in [0.717, 1.165) is 18.1 Å². The highest BCUT2D eigenvalue weighted by Gasteiger charge is 2.37. The van der Waals surface area contributed by atoms with E-state index in [4.69, 9.17) is 4.52 Å². The summed E-state index contributed by atoms with van der Waals surface area (Å²) in [5, 5.41) is 13.8. The highest BCUT2D eigenvalue weighted by atomic mass is 19.2. The zero-order chi connectivity index (χ0) is 25.2. The number of halogens is 2. The van der Waals surface area contributed by atoms with Crippen LogP contribution in [0.15, 0.2) is 47.0 Å². The molecule has 2 saturated heterocycles. The molecule has 2 amide bonds. The van der Waals surface area contributed by atoms with E-state index in [1.54, 1.807) is 4.90 Å². The predicted molar refractivity (Wildman–Crippen MR) is 129 cm³/mol. The molecule has 0 bridgehead atoms. The number of rotatable bonds is 4. The second-order valence-corrected chi connectivity index (χ2v) is 9.69. The number of aliphatic hydroxyl groups is 1. The van der Waals surface area contributed by atoms with Gasteiger partial charge >= 0.3 is 6.03 Å². The number of benzene rings is 2. The van der Waals surface area contributed by atoms with Crippen molar-refractivity contribution in [1.29, 1.82) is 0 Å². The van der Waals surface area contributed by atoms with Gasteiger partial charge in [-0.25, -0.2) is 13.6 Å². The molecule has 36 heavy (non-hydrogen) atoms. The number of nitrogens with zero attached hydrogens (tertiary/aromatic N) is 4. The number of urea groups is 1. The van der Waals surface area contributed by atoms with Gasteiger partial charge in [-0.15, -0.1) is 0 Å². The molecule has 1 aromatic heterocycles. The first kappa shape index (κ1) is 24.4. The van der Waals surface area contributed by atoms with Crippen molar-refractivity contribution in [2.24, 2.45) is 0 Å². The number of hydrogen-bond acceptors (Lipinski definition) is 5. The Balaban J connectivity index is 1.42. The van der Waals surface area contributed by atoms with Crippen LogP contribution in [0.25, 0.3) is 11.4 Å². The molecule has 2 unspecified atom stereocenters. The number of aliphatic hydroxyl groups excluding tert-OH is 1. The molecule has 0 radical (unpaired) electrons. The van der Waals surface area contributed by atoms with Gasteiger partial charge in [-0.1, -0.05) is 42.4 Å². The van der Waals surface area contributed by atoms with Crippen LogP contribution < -0.4 is 0 Å². The van der Waals surface area contributed by atoms with E-state index in [0.29, 0.717) is 51.3 Å². The number of carbonyl (C=O) groups is 1. The van der Waals surface area contributed by atoms with Gasteiger partial charge in [0, 0.05) is 32.1 Å². The van der Waals surface area contributed by atoms with Crippen molar-refractivity contribution < 1.29 is 23.2 Å². The molecular weight excluding hydrogens is 466 g/mol. The average Bonchev–Trinajstić information content (AvgIpc) is 3.40. The van der Waals surface area contributed by atoms with Crippen LogP contribution in [-0.4, -0.2) is 63.4 Å². The molecule has 0 aliphatic carbocycles. The van der Waals surface area contributed by atoms with Gasteiger partial charge in [-0.05, 0) is 48.9 Å². The standard InChI is InChI=1S/C27H30F2N4O3/c1-2-17-6-8-18(9-7-17)19-14-20(16-33(15-19)27(35)32-12-10-21(34)11-13-32)26-30-25(31-36-26)22-4-3-5-23(28)24(22)29/h3-9,19-21,34H,2,10-16H2,1H3. The van der Waals surface area contributed by atoms with Crippen LogP contribution in [0, 0.1) is 11.6 Å². The third kappa shape index (κ3) is 4.97. The highest BCUT2D eigenvalue weighted by molar-refractivity contribution is 5.75. The Kier molecular flexibility index (Phi) is 7.00. The number of likely N-dealkylation sites (tertiary alicyclic amines) is 2. The molecule has 190 valence electrons. The predicted octanol–water partition coefficient (Wildman–Crippen LogP) is 4.73. The zero-order valence-corrected chi connectivity index (χ0v) is 20.2. The molecule has 5 rings (SSSR count). The third-order valence-corrected chi connectivity index (χ3v) is 7.30. The molecule has 2 atom stereocenters. The van der Waals surface area contributed by atoms with Crippen molar-refractivity contribution in [2.75, 3.05) is 26.2 Å². The molecule has 0 saturated carbocycles. The summed E-state index contributed by atoms with van der Waals surface area (Å²) in [5.41, 5.74) is 2.30. The number of aromatic nitrogens is 2. The monoisotopic (exact) mass is 496 g/mol. The Morgan fingerprint density at radius 1 is 1.06 bits per heavy atom. The summed E-state index contributed by atoms with van der Waals surface area (Å²) >= 11 is 0.